The maximum atomic E-state index is 14.4. The van der Waals surface area contributed by atoms with Crippen molar-refractivity contribution in [1.82, 2.24) is 9.55 Å². The Kier molecular flexibility index (Phi) is 4.92. The Morgan fingerprint density at radius 2 is 1.75 bits per heavy atom. The SMILES string of the molecule is COc1ccc(-c2nc3ccccc3n2Cc2c(F)cccc2Cl)cc1OC. The van der Waals surface area contributed by atoms with Crippen LogP contribution in [-0.4, -0.2) is 23.8 Å². The molecule has 0 saturated carbocycles. The molecular formula is C22H18ClFN2O2. The summed E-state index contributed by atoms with van der Waals surface area (Å²) < 4.78 is 27.1. The Hall–Kier alpha value is -3.05. The fraction of sp³-hybridized carbons (Fsp3) is 0.136. The minimum atomic E-state index is -0.344. The fourth-order valence-electron chi connectivity index (χ4n) is 3.27. The third kappa shape index (κ3) is 3.18. The maximum Gasteiger partial charge on any atom is 0.161 e. The molecule has 0 aliphatic carbocycles. The molecule has 0 N–H and O–H groups in total. The van der Waals surface area contributed by atoms with Crippen molar-refractivity contribution in [3.05, 3.63) is 77.1 Å². The van der Waals surface area contributed by atoms with Crippen LogP contribution in [0.25, 0.3) is 22.4 Å². The largest absolute Gasteiger partial charge is 0.493 e. The zero-order chi connectivity index (χ0) is 19.7. The van der Waals surface area contributed by atoms with E-state index in [4.69, 9.17) is 26.1 Å². The van der Waals surface area contributed by atoms with E-state index in [1.165, 1.54) is 6.07 Å². The molecule has 0 radical (unpaired) electrons. The minimum Gasteiger partial charge on any atom is -0.493 e. The summed E-state index contributed by atoms with van der Waals surface area (Å²) in [7, 11) is 3.18. The van der Waals surface area contributed by atoms with Gasteiger partial charge < -0.3 is 14.0 Å². The van der Waals surface area contributed by atoms with Gasteiger partial charge in [0.05, 0.1) is 31.8 Å². The summed E-state index contributed by atoms with van der Waals surface area (Å²) in [4.78, 5) is 4.77. The summed E-state index contributed by atoms with van der Waals surface area (Å²) in [5, 5.41) is 0.385. The molecule has 1 aromatic heterocycles. The van der Waals surface area contributed by atoms with Gasteiger partial charge in [-0.15, -0.1) is 0 Å². The number of aromatic nitrogens is 2. The summed E-state index contributed by atoms with van der Waals surface area (Å²) in [5.41, 5.74) is 2.97. The molecule has 4 aromatic rings. The second-order valence-electron chi connectivity index (χ2n) is 6.28. The Balaban J connectivity index is 1.91. The molecule has 0 aliphatic rings. The molecule has 1 heterocycles. The standard InChI is InChI=1S/C22H18ClFN2O2/c1-27-20-11-10-14(12-21(20)28-2)22-25-18-8-3-4-9-19(18)26(22)13-15-16(23)6-5-7-17(15)24/h3-12H,13H2,1-2H3. The number of rotatable bonds is 5. The van der Waals surface area contributed by atoms with E-state index >= 15 is 0 Å². The highest BCUT2D eigenvalue weighted by Gasteiger charge is 2.17. The van der Waals surface area contributed by atoms with Gasteiger partial charge in [-0.25, -0.2) is 9.37 Å². The second-order valence-corrected chi connectivity index (χ2v) is 6.69. The molecule has 0 fully saturated rings. The average Bonchev–Trinajstić information content (AvgIpc) is 3.08. The number of hydrogen-bond acceptors (Lipinski definition) is 3. The number of fused-ring (bicyclic) bond motifs is 1. The van der Waals surface area contributed by atoms with Gasteiger partial charge in [-0.2, -0.15) is 0 Å². The summed E-state index contributed by atoms with van der Waals surface area (Å²) in [6.45, 7) is 0.260. The molecule has 6 heteroatoms. The van der Waals surface area contributed by atoms with E-state index < -0.39 is 0 Å². The normalized spacial score (nSPS) is 11.0. The van der Waals surface area contributed by atoms with Crippen LogP contribution in [0.1, 0.15) is 5.56 Å². The molecule has 3 aromatic carbocycles. The molecule has 0 saturated heterocycles. The minimum absolute atomic E-state index is 0.260. The molecule has 0 spiro atoms. The highest BCUT2D eigenvalue weighted by Crippen LogP contribution is 2.34. The maximum absolute atomic E-state index is 14.4. The van der Waals surface area contributed by atoms with Gasteiger partial charge in [-0.3, -0.25) is 0 Å². The van der Waals surface area contributed by atoms with Crippen molar-refractivity contribution in [3.8, 4) is 22.9 Å². The van der Waals surface area contributed by atoms with Crippen molar-refractivity contribution in [1.29, 1.82) is 0 Å². The van der Waals surface area contributed by atoms with Crippen LogP contribution in [-0.2, 0) is 6.54 Å². The van der Waals surface area contributed by atoms with Gasteiger partial charge in [0, 0.05) is 16.1 Å². The van der Waals surface area contributed by atoms with Crippen molar-refractivity contribution in [3.63, 3.8) is 0 Å². The predicted molar refractivity (Wildman–Crippen MR) is 109 cm³/mol. The molecule has 28 heavy (non-hydrogen) atoms. The lowest BCUT2D eigenvalue weighted by molar-refractivity contribution is 0.355. The van der Waals surface area contributed by atoms with Crippen LogP contribution >= 0.6 is 11.6 Å². The number of benzene rings is 3. The van der Waals surface area contributed by atoms with Gasteiger partial charge in [0.15, 0.2) is 11.5 Å². The number of methoxy groups -OCH3 is 2. The first-order valence-electron chi connectivity index (χ1n) is 8.73. The van der Waals surface area contributed by atoms with Gasteiger partial charge in [-0.05, 0) is 42.5 Å². The topological polar surface area (TPSA) is 36.3 Å². The fourth-order valence-corrected chi connectivity index (χ4v) is 3.50. The average molecular weight is 397 g/mol. The van der Waals surface area contributed by atoms with Gasteiger partial charge in [0.1, 0.15) is 11.6 Å². The predicted octanol–water partition coefficient (Wildman–Crippen LogP) is 5.56. The number of halogens is 2. The quantitative estimate of drug-likeness (QED) is 0.443. The molecule has 4 nitrogen and oxygen atoms in total. The lowest BCUT2D eigenvalue weighted by atomic mass is 10.1. The molecule has 4 rings (SSSR count). The van der Waals surface area contributed by atoms with Crippen molar-refractivity contribution in [2.45, 2.75) is 6.54 Å². The number of para-hydroxylation sites is 2. The molecule has 0 aliphatic heterocycles. The first kappa shape index (κ1) is 18.3. The van der Waals surface area contributed by atoms with Crippen molar-refractivity contribution < 1.29 is 13.9 Å². The van der Waals surface area contributed by atoms with Crippen molar-refractivity contribution >= 4 is 22.6 Å². The van der Waals surface area contributed by atoms with Crippen LogP contribution < -0.4 is 9.47 Å². The molecular weight excluding hydrogens is 379 g/mol. The molecule has 0 bridgehead atoms. The second kappa shape index (κ2) is 7.52. The monoisotopic (exact) mass is 396 g/mol. The molecule has 0 amide bonds. The number of hydrogen-bond donors (Lipinski definition) is 0. The van der Waals surface area contributed by atoms with Crippen LogP contribution in [0.5, 0.6) is 11.5 Å². The van der Waals surface area contributed by atoms with E-state index in [0.29, 0.717) is 27.9 Å². The molecule has 142 valence electrons. The molecule has 0 unspecified atom stereocenters. The summed E-state index contributed by atoms with van der Waals surface area (Å²) >= 11 is 6.27. The van der Waals surface area contributed by atoms with Gasteiger partial charge in [0.2, 0.25) is 0 Å². The van der Waals surface area contributed by atoms with Crippen molar-refractivity contribution in [2.75, 3.05) is 14.2 Å². The van der Waals surface area contributed by atoms with Crippen LogP contribution in [0.2, 0.25) is 5.02 Å². The zero-order valence-corrected chi connectivity index (χ0v) is 16.2. The van der Waals surface area contributed by atoms with Gasteiger partial charge in [0.25, 0.3) is 0 Å². The van der Waals surface area contributed by atoms with Crippen LogP contribution in [0.15, 0.2) is 60.7 Å². The summed E-state index contributed by atoms with van der Waals surface area (Å²) in [6.07, 6.45) is 0. The molecule has 0 atom stereocenters. The Morgan fingerprint density at radius 1 is 0.964 bits per heavy atom. The number of nitrogens with zero attached hydrogens (tertiary/aromatic N) is 2. The van der Waals surface area contributed by atoms with Crippen molar-refractivity contribution in [2.24, 2.45) is 0 Å². The van der Waals surface area contributed by atoms with E-state index in [9.17, 15) is 4.39 Å². The first-order chi connectivity index (χ1) is 13.6. The first-order valence-corrected chi connectivity index (χ1v) is 9.10. The zero-order valence-electron chi connectivity index (χ0n) is 15.4. The lowest BCUT2D eigenvalue weighted by Crippen LogP contribution is -2.05. The smallest absolute Gasteiger partial charge is 0.161 e. The van der Waals surface area contributed by atoms with E-state index in [2.05, 4.69) is 0 Å². The Bertz CT molecular complexity index is 1140. The van der Waals surface area contributed by atoms with Gasteiger partial charge in [-0.1, -0.05) is 29.8 Å². The van der Waals surface area contributed by atoms with Gasteiger partial charge >= 0.3 is 0 Å². The third-order valence-corrected chi connectivity index (χ3v) is 5.03. The summed E-state index contributed by atoms with van der Waals surface area (Å²) in [6, 6.07) is 18.0. The van der Waals surface area contributed by atoms with E-state index in [-0.39, 0.29) is 12.4 Å². The van der Waals surface area contributed by atoms with Crippen LogP contribution in [0.3, 0.4) is 0 Å². The van der Waals surface area contributed by atoms with E-state index in [1.807, 2.05) is 47.0 Å². The van der Waals surface area contributed by atoms with Crippen LogP contribution in [0, 0.1) is 5.82 Å². The number of imidazole rings is 1. The number of ether oxygens (including phenoxy) is 2. The van der Waals surface area contributed by atoms with E-state index in [0.717, 1.165) is 16.6 Å². The third-order valence-electron chi connectivity index (χ3n) is 4.67. The Labute approximate surface area is 167 Å². The van der Waals surface area contributed by atoms with E-state index in [1.54, 1.807) is 26.4 Å². The lowest BCUT2D eigenvalue weighted by Gasteiger charge is -2.13. The highest BCUT2D eigenvalue weighted by molar-refractivity contribution is 6.31. The summed E-state index contributed by atoms with van der Waals surface area (Å²) in [5.74, 6) is 1.58. The van der Waals surface area contributed by atoms with Crippen LogP contribution in [0.4, 0.5) is 4.39 Å². The Morgan fingerprint density at radius 3 is 2.50 bits per heavy atom. The highest BCUT2D eigenvalue weighted by atomic mass is 35.5.